The maximum absolute atomic E-state index is 5.48. The lowest BCUT2D eigenvalue weighted by atomic mass is 9.84. The Morgan fingerprint density at radius 3 is 2.75 bits per heavy atom. The third-order valence-corrected chi connectivity index (χ3v) is 3.71. The number of benzene rings is 1. The van der Waals surface area contributed by atoms with Gasteiger partial charge in [-0.25, -0.2) is 0 Å². The van der Waals surface area contributed by atoms with Crippen LogP contribution in [0.3, 0.4) is 0 Å². The molecule has 1 aromatic heterocycles. The monoisotopic (exact) mass is 273 g/mol. The predicted molar refractivity (Wildman–Crippen MR) is 74.4 cm³/mol. The molecule has 106 valence electrons. The van der Waals surface area contributed by atoms with Crippen LogP contribution in [0, 0.1) is 0 Å². The number of aromatic nitrogens is 2. The van der Waals surface area contributed by atoms with E-state index in [4.69, 9.17) is 9.26 Å². The van der Waals surface area contributed by atoms with Gasteiger partial charge in [0, 0.05) is 6.54 Å². The van der Waals surface area contributed by atoms with Crippen LogP contribution < -0.4 is 5.32 Å². The molecule has 1 aliphatic heterocycles. The molecule has 5 nitrogen and oxygen atoms in total. The second-order valence-electron chi connectivity index (χ2n) is 5.53. The molecule has 1 saturated heterocycles. The largest absolute Gasteiger partial charge is 0.378 e. The molecule has 20 heavy (non-hydrogen) atoms. The van der Waals surface area contributed by atoms with Gasteiger partial charge in [-0.05, 0) is 19.4 Å². The van der Waals surface area contributed by atoms with Crippen molar-refractivity contribution in [1.29, 1.82) is 0 Å². The first-order valence-corrected chi connectivity index (χ1v) is 6.88. The molecule has 2 aromatic rings. The third kappa shape index (κ3) is 2.46. The van der Waals surface area contributed by atoms with Gasteiger partial charge in [-0.3, -0.25) is 0 Å². The smallest absolute Gasteiger partial charge is 0.236 e. The molecule has 0 aliphatic carbocycles. The van der Waals surface area contributed by atoms with Gasteiger partial charge >= 0.3 is 0 Å². The Morgan fingerprint density at radius 2 is 2.05 bits per heavy atom. The van der Waals surface area contributed by atoms with E-state index >= 15 is 0 Å². The zero-order chi connectivity index (χ0) is 14.0. The van der Waals surface area contributed by atoms with Gasteiger partial charge in [0.15, 0.2) is 5.82 Å². The minimum atomic E-state index is -0.304. The summed E-state index contributed by atoms with van der Waals surface area (Å²) in [4.78, 5) is 4.56. The van der Waals surface area contributed by atoms with Crippen molar-refractivity contribution in [3.63, 3.8) is 0 Å². The molecule has 1 atom stereocenters. The van der Waals surface area contributed by atoms with Gasteiger partial charge in [0.2, 0.25) is 5.89 Å². The Hall–Kier alpha value is -1.72. The van der Waals surface area contributed by atoms with Gasteiger partial charge in [-0.15, -0.1) is 0 Å². The first-order chi connectivity index (χ1) is 9.68. The van der Waals surface area contributed by atoms with Crippen LogP contribution in [0.2, 0.25) is 0 Å². The minimum Gasteiger partial charge on any atom is -0.378 e. The van der Waals surface area contributed by atoms with Crippen LogP contribution in [0.1, 0.15) is 37.2 Å². The van der Waals surface area contributed by atoms with E-state index in [0.717, 1.165) is 18.7 Å². The van der Waals surface area contributed by atoms with Crippen molar-refractivity contribution >= 4 is 0 Å². The van der Waals surface area contributed by atoms with Crippen molar-refractivity contribution in [3.8, 4) is 0 Å². The standard InChI is InChI=1S/C15H19N3O2/c1-15(2,11-6-4-3-5-7-11)14-17-13(18-20-14)12-10-19-9-8-16-12/h3-7,12,16H,8-10H2,1-2H3. The van der Waals surface area contributed by atoms with Gasteiger partial charge in [-0.1, -0.05) is 35.5 Å². The number of hydrogen-bond donors (Lipinski definition) is 1. The Bertz CT molecular complexity index is 560. The Kier molecular flexibility index (Phi) is 3.54. The summed E-state index contributed by atoms with van der Waals surface area (Å²) in [6.07, 6.45) is 0. The Balaban J connectivity index is 1.85. The lowest BCUT2D eigenvalue weighted by Crippen LogP contribution is -2.35. The topological polar surface area (TPSA) is 60.2 Å². The summed E-state index contributed by atoms with van der Waals surface area (Å²) in [5, 5.41) is 7.43. The maximum atomic E-state index is 5.48. The minimum absolute atomic E-state index is 0.0211. The average Bonchev–Trinajstić information content (AvgIpc) is 3.00. The van der Waals surface area contributed by atoms with E-state index < -0.39 is 0 Å². The van der Waals surface area contributed by atoms with E-state index in [1.807, 2.05) is 18.2 Å². The molecule has 1 aromatic carbocycles. The highest BCUT2D eigenvalue weighted by Gasteiger charge is 2.31. The molecule has 3 rings (SSSR count). The highest BCUT2D eigenvalue weighted by molar-refractivity contribution is 5.29. The number of hydrogen-bond acceptors (Lipinski definition) is 5. The second-order valence-corrected chi connectivity index (χ2v) is 5.53. The van der Waals surface area contributed by atoms with Gasteiger partial charge in [0.05, 0.1) is 24.7 Å². The molecule has 0 saturated carbocycles. The molecule has 1 unspecified atom stereocenters. The lowest BCUT2D eigenvalue weighted by Gasteiger charge is -2.21. The highest BCUT2D eigenvalue weighted by Crippen LogP contribution is 2.30. The summed E-state index contributed by atoms with van der Waals surface area (Å²) in [6.45, 7) is 6.31. The van der Waals surface area contributed by atoms with E-state index in [-0.39, 0.29) is 11.5 Å². The van der Waals surface area contributed by atoms with Crippen molar-refractivity contribution in [2.75, 3.05) is 19.8 Å². The van der Waals surface area contributed by atoms with Gasteiger partial charge in [0.1, 0.15) is 0 Å². The highest BCUT2D eigenvalue weighted by atomic mass is 16.5. The number of morpholine rings is 1. The molecular weight excluding hydrogens is 254 g/mol. The van der Waals surface area contributed by atoms with E-state index in [9.17, 15) is 0 Å². The molecular formula is C15H19N3O2. The van der Waals surface area contributed by atoms with Gasteiger partial charge < -0.3 is 14.6 Å². The van der Waals surface area contributed by atoms with Crippen LogP contribution in [0.5, 0.6) is 0 Å². The predicted octanol–water partition coefficient (Wildman–Crippen LogP) is 2.06. The fraction of sp³-hybridized carbons (Fsp3) is 0.467. The van der Waals surface area contributed by atoms with Crippen LogP contribution >= 0.6 is 0 Å². The molecule has 0 amide bonds. The summed E-state index contributed by atoms with van der Waals surface area (Å²) in [5.41, 5.74) is 0.852. The summed E-state index contributed by atoms with van der Waals surface area (Å²) in [6, 6.07) is 10.2. The van der Waals surface area contributed by atoms with Crippen LogP contribution in [-0.2, 0) is 10.2 Å². The number of rotatable bonds is 3. The average molecular weight is 273 g/mol. The molecule has 0 spiro atoms. The van der Waals surface area contributed by atoms with Crippen molar-refractivity contribution in [2.45, 2.75) is 25.3 Å². The van der Waals surface area contributed by atoms with Crippen LogP contribution in [0.4, 0.5) is 0 Å². The van der Waals surface area contributed by atoms with E-state index in [1.54, 1.807) is 0 Å². The molecule has 5 heteroatoms. The van der Waals surface area contributed by atoms with Gasteiger partial charge in [0.25, 0.3) is 0 Å². The zero-order valence-electron chi connectivity index (χ0n) is 11.8. The fourth-order valence-electron chi connectivity index (χ4n) is 2.34. The summed E-state index contributed by atoms with van der Waals surface area (Å²) < 4.78 is 10.9. The van der Waals surface area contributed by atoms with E-state index in [0.29, 0.717) is 18.3 Å². The summed E-state index contributed by atoms with van der Waals surface area (Å²) in [5.74, 6) is 1.30. The van der Waals surface area contributed by atoms with E-state index in [1.165, 1.54) is 0 Å². The molecule has 1 fully saturated rings. The summed E-state index contributed by atoms with van der Waals surface area (Å²) in [7, 11) is 0. The van der Waals surface area contributed by atoms with Crippen LogP contribution in [0.25, 0.3) is 0 Å². The maximum Gasteiger partial charge on any atom is 0.236 e. The molecule has 0 bridgehead atoms. The Morgan fingerprint density at radius 1 is 1.25 bits per heavy atom. The van der Waals surface area contributed by atoms with Crippen molar-refractivity contribution in [1.82, 2.24) is 15.5 Å². The number of ether oxygens (including phenoxy) is 1. The second kappa shape index (κ2) is 5.34. The molecule has 0 radical (unpaired) electrons. The number of nitrogens with one attached hydrogen (secondary N) is 1. The van der Waals surface area contributed by atoms with Crippen molar-refractivity contribution in [2.24, 2.45) is 0 Å². The summed E-state index contributed by atoms with van der Waals surface area (Å²) >= 11 is 0. The van der Waals surface area contributed by atoms with Crippen LogP contribution in [0.15, 0.2) is 34.9 Å². The lowest BCUT2D eigenvalue weighted by molar-refractivity contribution is 0.0734. The van der Waals surface area contributed by atoms with Crippen molar-refractivity contribution < 1.29 is 9.26 Å². The molecule has 2 heterocycles. The van der Waals surface area contributed by atoms with Gasteiger partial charge in [-0.2, -0.15) is 4.98 Å². The molecule has 1 N–H and O–H groups in total. The normalized spacial score (nSPS) is 20.0. The first kappa shape index (κ1) is 13.3. The third-order valence-electron chi connectivity index (χ3n) is 3.71. The SMILES string of the molecule is CC(C)(c1ccccc1)c1nc(C2COCCN2)no1. The molecule has 1 aliphatic rings. The fourth-order valence-corrected chi connectivity index (χ4v) is 2.34. The van der Waals surface area contributed by atoms with Crippen molar-refractivity contribution in [3.05, 3.63) is 47.6 Å². The quantitative estimate of drug-likeness (QED) is 0.927. The number of nitrogens with zero attached hydrogens (tertiary/aromatic N) is 2. The Labute approximate surface area is 118 Å². The first-order valence-electron chi connectivity index (χ1n) is 6.88. The van der Waals surface area contributed by atoms with Crippen LogP contribution in [-0.4, -0.2) is 29.9 Å². The van der Waals surface area contributed by atoms with E-state index in [2.05, 4.69) is 41.4 Å². The zero-order valence-corrected chi connectivity index (χ0v) is 11.8.